The quantitative estimate of drug-likeness (QED) is 0.523. The first kappa shape index (κ1) is 19.1. The minimum atomic E-state index is -0.642. The third kappa shape index (κ3) is 4.87. The summed E-state index contributed by atoms with van der Waals surface area (Å²) in [4.78, 5) is 24.2. The first-order valence-corrected chi connectivity index (χ1v) is 8.18. The normalized spacial score (nSPS) is 10.2. The Morgan fingerprint density at radius 3 is 2.32 bits per heavy atom. The standard InChI is InChI=1S/C18H16Cl2O5/c1-3-24-17-9-12(5-7-16(17)23-2)18(22)25-10-15(21)11-4-6-13(19)14(20)8-11/h4-9H,3,10H2,1-2H3. The lowest BCUT2D eigenvalue weighted by Gasteiger charge is -2.11. The van der Waals surface area contributed by atoms with Crippen LogP contribution in [0.5, 0.6) is 11.5 Å². The number of rotatable bonds is 7. The summed E-state index contributed by atoms with van der Waals surface area (Å²) in [5.41, 5.74) is 0.568. The van der Waals surface area contributed by atoms with E-state index < -0.39 is 12.6 Å². The van der Waals surface area contributed by atoms with Crippen LogP contribution in [-0.4, -0.2) is 32.1 Å². The van der Waals surface area contributed by atoms with Gasteiger partial charge < -0.3 is 14.2 Å². The van der Waals surface area contributed by atoms with Crippen molar-refractivity contribution in [2.24, 2.45) is 0 Å². The summed E-state index contributed by atoms with van der Waals surface area (Å²) in [5.74, 6) is -0.0944. The number of halogens is 2. The van der Waals surface area contributed by atoms with Crippen molar-refractivity contribution < 1.29 is 23.8 Å². The highest BCUT2D eigenvalue weighted by Gasteiger charge is 2.15. The Labute approximate surface area is 155 Å². The van der Waals surface area contributed by atoms with Crippen LogP contribution in [0.4, 0.5) is 0 Å². The predicted octanol–water partition coefficient (Wildman–Crippen LogP) is 4.44. The maximum atomic E-state index is 12.1. The second-order valence-corrected chi connectivity index (χ2v) is 5.74. The van der Waals surface area contributed by atoms with Crippen LogP contribution in [0.2, 0.25) is 10.0 Å². The molecule has 0 bridgehead atoms. The van der Waals surface area contributed by atoms with Crippen molar-refractivity contribution in [2.75, 3.05) is 20.3 Å². The largest absolute Gasteiger partial charge is 0.493 e. The Kier molecular flexibility index (Phi) is 6.67. The SMILES string of the molecule is CCOc1cc(C(=O)OCC(=O)c2ccc(Cl)c(Cl)c2)ccc1OC. The lowest BCUT2D eigenvalue weighted by molar-refractivity contribution is 0.0474. The molecule has 25 heavy (non-hydrogen) atoms. The molecule has 2 rings (SSSR count). The lowest BCUT2D eigenvalue weighted by atomic mass is 10.1. The highest BCUT2D eigenvalue weighted by molar-refractivity contribution is 6.42. The number of esters is 1. The van der Waals surface area contributed by atoms with Gasteiger partial charge in [-0.25, -0.2) is 4.79 Å². The van der Waals surface area contributed by atoms with Crippen LogP contribution in [0.3, 0.4) is 0 Å². The smallest absolute Gasteiger partial charge is 0.338 e. The van der Waals surface area contributed by atoms with E-state index in [1.807, 2.05) is 6.92 Å². The van der Waals surface area contributed by atoms with E-state index in [-0.39, 0.29) is 16.4 Å². The van der Waals surface area contributed by atoms with Gasteiger partial charge in [0, 0.05) is 5.56 Å². The Bertz CT molecular complexity index is 789. The van der Waals surface area contributed by atoms with Gasteiger partial charge >= 0.3 is 5.97 Å². The summed E-state index contributed by atoms with van der Waals surface area (Å²) in [6, 6.07) is 9.10. The van der Waals surface area contributed by atoms with E-state index in [4.69, 9.17) is 37.4 Å². The fourth-order valence-electron chi connectivity index (χ4n) is 2.04. The molecule has 0 spiro atoms. The van der Waals surface area contributed by atoms with Gasteiger partial charge in [-0.05, 0) is 43.3 Å². The van der Waals surface area contributed by atoms with Crippen molar-refractivity contribution in [3.05, 3.63) is 57.6 Å². The van der Waals surface area contributed by atoms with Crippen molar-refractivity contribution in [3.63, 3.8) is 0 Å². The second kappa shape index (κ2) is 8.74. The zero-order chi connectivity index (χ0) is 18.4. The number of methoxy groups -OCH3 is 1. The summed E-state index contributed by atoms with van der Waals surface area (Å²) < 4.78 is 15.6. The second-order valence-electron chi connectivity index (χ2n) is 4.93. The number of benzene rings is 2. The molecular weight excluding hydrogens is 367 g/mol. The van der Waals surface area contributed by atoms with Gasteiger partial charge in [-0.15, -0.1) is 0 Å². The molecular formula is C18H16Cl2O5. The average molecular weight is 383 g/mol. The molecule has 0 radical (unpaired) electrons. The maximum Gasteiger partial charge on any atom is 0.338 e. The van der Waals surface area contributed by atoms with E-state index in [9.17, 15) is 9.59 Å². The van der Waals surface area contributed by atoms with Crippen LogP contribution in [0.15, 0.2) is 36.4 Å². The van der Waals surface area contributed by atoms with Crippen LogP contribution in [0.25, 0.3) is 0 Å². The molecule has 0 heterocycles. The van der Waals surface area contributed by atoms with Crippen LogP contribution in [0.1, 0.15) is 27.6 Å². The molecule has 5 nitrogen and oxygen atoms in total. The molecule has 0 amide bonds. The van der Waals surface area contributed by atoms with E-state index in [1.54, 1.807) is 6.07 Å². The molecule has 0 aromatic heterocycles. The number of Topliss-reactive ketones (excluding diaryl/α,β-unsaturated/α-hetero) is 1. The van der Waals surface area contributed by atoms with Gasteiger partial charge in [0.25, 0.3) is 0 Å². The van der Waals surface area contributed by atoms with Gasteiger partial charge in [-0.3, -0.25) is 4.79 Å². The zero-order valence-electron chi connectivity index (χ0n) is 13.7. The van der Waals surface area contributed by atoms with Crippen molar-refractivity contribution in [3.8, 4) is 11.5 Å². The number of ketones is 1. The number of hydrogen-bond acceptors (Lipinski definition) is 5. The highest BCUT2D eigenvalue weighted by Crippen LogP contribution is 2.28. The molecule has 132 valence electrons. The molecule has 2 aromatic carbocycles. The fourth-order valence-corrected chi connectivity index (χ4v) is 2.34. The first-order chi connectivity index (χ1) is 12.0. The van der Waals surface area contributed by atoms with Gasteiger partial charge in [0.1, 0.15) is 0 Å². The van der Waals surface area contributed by atoms with Crippen LogP contribution < -0.4 is 9.47 Å². The Balaban J connectivity index is 2.05. The van der Waals surface area contributed by atoms with Crippen molar-refractivity contribution in [1.82, 2.24) is 0 Å². The molecule has 0 atom stereocenters. The van der Waals surface area contributed by atoms with E-state index in [1.165, 1.54) is 37.4 Å². The molecule has 0 unspecified atom stereocenters. The van der Waals surface area contributed by atoms with Crippen molar-refractivity contribution in [1.29, 1.82) is 0 Å². The minimum Gasteiger partial charge on any atom is -0.493 e. The molecule has 0 saturated heterocycles. The van der Waals surface area contributed by atoms with Crippen LogP contribution in [0, 0.1) is 0 Å². The minimum absolute atomic E-state index is 0.256. The zero-order valence-corrected chi connectivity index (χ0v) is 15.2. The third-order valence-electron chi connectivity index (χ3n) is 3.28. The van der Waals surface area contributed by atoms with Crippen molar-refractivity contribution in [2.45, 2.75) is 6.92 Å². The number of carbonyl (C=O) groups excluding carboxylic acids is 2. The van der Waals surface area contributed by atoms with Gasteiger partial charge in [0.2, 0.25) is 0 Å². The molecule has 0 N–H and O–H groups in total. The van der Waals surface area contributed by atoms with E-state index in [0.29, 0.717) is 28.7 Å². The Hall–Kier alpha value is -2.24. The van der Waals surface area contributed by atoms with E-state index >= 15 is 0 Å². The molecule has 0 aliphatic heterocycles. The monoisotopic (exact) mass is 382 g/mol. The lowest BCUT2D eigenvalue weighted by Crippen LogP contribution is -2.14. The van der Waals surface area contributed by atoms with Crippen LogP contribution >= 0.6 is 23.2 Å². The third-order valence-corrected chi connectivity index (χ3v) is 4.01. The molecule has 2 aromatic rings. The van der Waals surface area contributed by atoms with E-state index in [2.05, 4.69) is 0 Å². The topological polar surface area (TPSA) is 61.8 Å². The predicted molar refractivity (Wildman–Crippen MR) is 95.2 cm³/mol. The Morgan fingerprint density at radius 1 is 0.960 bits per heavy atom. The summed E-state index contributed by atoms with van der Waals surface area (Å²) in [6.45, 7) is 1.83. The van der Waals surface area contributed by atoms with E-state index in [0.717, 1.165) is 0 Å². The number of hydrogen-bond donors (Lipinski definition) is 0. The average Bonchev–Trinajstić information content (AvgIpc) is 2.61. The number of ether oxygens (including phenoxy) is 3. The van der Waals surface area contributed by atoms with Crippen molar-refractivity contribution >= 4 is 35.0 Å². The molecule has 0 aliphatic rings. The summed E-state index contributed by atoms with van der Waals surface area (Å²) in [6.07, 6.45) is 0. The van der Waals surface area contributed by atoms with Crippen LogP contribution in [-0.2, 0) is 4.74 Å². The van der Waals surface area contributed by atoms with Gasteiger partial charge in [-0.1, -0.05) is 23.2 Å². The summed E-state index contributed by atoms with van der Waals surface area (Å²) in [5, 5.41) is 0.604. The highest BCUT2D eigenvalue weighted by atomic mass is 35.5. The fraction of sp³-hybridized carbons (Fsp3) is 0.222. The van der Waals surface area contributed by atoms with Gasteiger partial charge in [0.15, 0.2) is 23.9 Å². The molecule has 7 heteroatoms. The van der Waals surface area contributed by atoms with Gasteiger partial charge in [-0.2, -0.15) is 0 Å². The molecule has 0 saturated carbocycles. The maximum absolute atomic E-state index is 12.1. The number of carbonyl (C=O) groups is 2. The summed E-state index contributed by atoms with van der Waals surface area (Å²) >= 11 is 11.7. The summed E-state index contributed by atoms with van der Waals surface area (Å²) in [7, 11) is 1.51. The molecule has 0 fully saturated rings. The first-order valence-electron chi connectivity index (χ1n) is 7.42. The van der Waals surface area contributed by atoms with Gasteiger partial charge in [0.05, 0.1) is 29.3 Å². The Morgan fingerprint density at radius 2 is 1.68 bits per heavy atom. The molecule has 0 aliphatic carbocycles.